The van der Waals surface area contributed by atoms with Crippen molar-refractivity contribution < 1.29 is 46.5 Å². The predicted octanol–water partition coefficient (Wildman–Crippen LogP) is 0.441. The molecule has 24 heavy (non-hydrogen) atoms. The van der Waals surface area contributed by atoms with Crippen molar-refractivity contribution in [1.29, 1.82) is 0 Å². The third-order valence-corrected chi connectivity index (χ3v) is 4.75. The number of halogens is 2. The first-order chi connectivity index (χ1) is 10.1. The molecule has 0 N–H and O–H groups in total. The topological polar surface area (TPSA) is 14.1 Å². The van der Waals surface area contributed by atoms with Crippen LogP contribution in [0.1, 0.15) is 71.0 Å². The predicted molar refractivity (Wildman–Crippen MR) is 93.6 cm³/mol. The third-order valence-electron chi connectivity index (χ3n) is 4.75. The summed E-state index contributed by atoms with van der Waals surface area (Å²) in [6.45, 7) is 12.2. The number of allylic oxidation sites excluding steroid dienone is 4. The summed E-state index contributed by atoms with van der Waals surface area (Å²) in [6.07, 6.45) is 3.49. The van der Waals surface area contributed by atoms with Gasteiger partial charge in [-0.1, -0.05) is 62.1 Å². The van der Waals surface area contributed by atoms with E-state index in [0.29, 0.717) is 0 Å². The molecule has 0 fully saturated rings. The van der Waals surface area contributed by atoms with Crippen molar-refractivity contribution in [3.05, 3.63) is 57.4 Å². The summed E-state index contributed by atoms with van der Waals surface area (Å²) in [7, 11) is 0. The van der Waals surface area contributed by atoms with Crippen molar-refractivity contribution in [1.82, 2.24) is 0 Å². The van der Waals surface area contributed by atoms with Gasteiger partial charge in [0.1, 0.15) is 0 Å². The summed E-state index contributed by atoms with van der Waals surface area (Å²) >= 11 is 0. The number of hydrogen-bond acceptors (Lipinski definition) is 0. The molecule has 2 rings (SSSR count). The number of rotatable bonds is 6. The normalized spacial score (nSPS) is 14.7. The van der Waals surface area contributed by atoms with Crippen LogP contribution in [0.15, 0.2) is 41.0 Å². The van der Waals surface area contributed by atoms with Gasteiger partial charge >= 0.3 is 21.7 Å². The fourth-order valence-electron chi connectivity index (χ4n) is 3.05. The number of unbranched alkanes of at least 4 members (excludes halogenated alkanes) is 1. The van der Waals surface area contributed by atoms with Crippen LogP contribution >= 0.6 is 0 Å². The second-order valence-electron chi connectivity index (χ2n) is 6.21. The Hall–Kier alpha value is -0.0457. The van der Waals surface area contributed by atoms with Crippen LogP contribution in [0.4, 0.5) is 0 Å². The fraction of sp³-hybridized carbons (Fsp3) is 0.500. The first-order valence-electron chi connectivity index (χ1n) is 8.18. The van der Waals surface area contributed by atoms with Crippen molar-refractivity contribution >= 4 is 5.57 Å². The Morgan fingerprint density at radius 2 is 1.67 bits per heavy atom. The molecule has 1 atom stereocenters. The molecule has 0 saturated carbocycles. The minimum atomic E-state index is 0. The van der Waals surface area contributed by atoms with E-state index in [9.17, 15) is 0 Å². The average Bonchev–Trinajstić information content (AvgIpc) is 2.75. The Kier molecular flexibility index (Phi) is 13.5. The van der Waals surface area contributed by atoms with E-state index in [1.54, 1.807) is 0 Å². The molecule has 0 aromatic heterocycles. The molecule has 4 heteroatoms. The number of hydrogen-bond donors (Lipinski definition) is 0. The SMILES string of the molecule is CCCC[N-]C(C)c1ccccc1C1=C(C)C(C)=C(C)C1.[Cl-].[Cl-].[Ti+3]. The molecule has 0 aliphatic heterocycles. The molecule has 1 nitrogen and oxygen atoms in total. The van der Waals surface area contributed by atoms with Crippen LogP contribution in [-0.2, 0) is 21.7 Å². The molecule has 0 spiro atoms. The van der Waals surface area contributed by atoms with Crippen molar-refractivity contribution in [2.75, 3.05) is 6.54 Å². The molecule has 1 aromatic carbocycles. The molecule has 1 aliphatic carbocycles. The molecule has 0 amide bonds. The van der Waals surface area contributed by atoms with E-state index in [1.165, 1.54) is 46.3 Å². The van der Waals surface area contributed by atoms with Gasteiger partial charge in [-0.2, -0.15) is 0 Å². The number of benzene rings is 1. The fourth-order valence-corrected chi connectivity index (χ4v) is 3.05. The van der Waals surface area contributed by atoms with Gasteiger partial charge in [0.25, 0.3) is 0 Å². The average molecular weight is 401 g/mol. The Bertz CT molecular complexity index is 579. The summed E-state index contributed by atoms with van der Waals surface area (Å²) < 4.78 is 0. The van der Waals surface area contributed by atoms with Crippen LogP contribution < -0.4 is 24.8 Å². The van der Waals surface area contributed by atoms with Crippen LogP contribution in [0.3, 0.4) is 0 Å². The third kappa shape index (κ3) is 6.04. The zero-order valence-electron chi connectivity index (χ0n) is 15.4. The van der Waals surface area contributed by atoms with Gasteiger partial charge in [-0.3, -0.25) is 0 Å². The van der Waals surface area contributed by atoms with E-state index in [-0.39, 0.29) is 52.6 Å². The van der Waals surface area contributed by atoms with Gasteiger partial charge in [0.05, 0.1) is 0 Å². The minimum Gasteiger partial charge on any atom is -1.00 e. The molecule has 1 unspecified atom stereocenters. The van der Waals surface area contributed by atoms with E-state index >= 15 is 0 Å². The summed E-state index contributed by atoms with van der Waals surface area (Å²) in [5, 5.41) is 4.84. The molecule has 131 valence electrons. The van der Waals surface area contributed by atoms with Crippen molar-refractivity contribution in [3.63, 3.8) is 0 Å². The van der Waals surface area contributed by atoms with Gasteiger partial charge < -0.3 is 30.1 Å². The van der Waals surface area contributed by atoms with E-state index < -0.39 is 0 Å². The van der Waals surface area contributed by atoms with Gasteiger partial charge in [0.15, 0.2) is 0 Å². The standard InChI is InChI=1S/C20H28N.2ClH.Ti/c1-6-7-12-21-17(5)18-10-8-9-11-19(18)20-13-14(2)15(3)16(20)4;;;/h8-11,17H,6-7,12-13H2,1-5H3;2*1H;/q-1;;;+3/p-2. The van der Waals surface area contributed by atoms with Crippen LogP contribution in [0.25, 0.3) is 10.9 Å². The number of nitrogens with zero attached hydrogens (tertiary/aromatic N) is 1. The maximum Gasteiger partial charge on any atom is 3.00 e. The summed E-state index contributed by atoms with van der Waals surface area (Å²) in [5.41, 5.74) is 8.71. The molecular weight excluding hydrogens is 373 g/mol. The van der Waals surface area contributed by atoms with Crippen molar-refractivity contribution in [2.24, 2.45) is 0 Å². The zero-order chi connectivity index (χ0) is 15.4. The molecule has 1 radical (unpaired) electrons. The van der Waals surface area contributed by atoms with E-state index in [4.69, 9.17) is 5.32 Å². The van der Waals surface area contributed by atoms with Gasteiger partial charge in [-0.15, -0.1) is 12.6 Å². The van der Waals surface area contributed by atoms with Crippen LogP contribution in [0, 0.1) is 0 Å². The Labute approximate surface area is 175 Å². The van der Waals surface area contributed by atoms with E-state index in [0.717, 1.165) is 13.0 Å². The smallest absolute Gasteiger partial charge is 1.00 e. The second kappa shape index (κ2) is 12.3. The van der Waals surface area contributed by atoms with Gasteiger partial charge in [0, 0.05) is 0 Å². The van der Waals surface area contributed by atoms with Crippen LogP contribution in [0.5, 0.6) is 0 Å². The maximum atomic E-state index is 4.84. The monoisotopic (exact) mass is 400 g/mol. The Morgan fingerprint density at radius 1 is 1.04 bits per heavy atom. The molecule has 0 saturated heterocycles. The maximum absolute atomic E-state index is 4.84. The second-order valence-corrected chi connectivity index (χ2v) is 6.21. The van der Waals surface area contributed by atoms with Gasteiger partial charge in [0.2, 0.25) is 0 Å². The molecular formula is C20H28Cl2NTi. The minimum absolute atomic E-state index is 0. The molecule has 1 aromatic rings. The molecule has 0 bridgehead atoms. The Balaban J connectivity index is 0. The summed E-state index contributed by atoms with van der Waals surface area (Å²) in [5.74, 6) is 0. The first kappa shape index (κ1) is 26.2. The largest absolute Gasteiger partial charge is 3.00 e. The molecule has 1 aliphatic rings. The van der Waals surface area contributed by atoms with Crippen molar-refractivity contribution in [3.8, 4) is 0 Å². The summed E-state index contributed by atoms with van der Waals surface area (Å²) in [4.78, 5) is 0. The Morgan fingerprint density at radius 3 is 2.21 bits per heavy atom. The van der Waals surface area contributed by atoms with E-state index in [2.05, 4.69) is 58.9 Å². The van der Waals surface area contributed by atoms with Crippen molar-refractivity contribution in [2.45, 2.75) is 59.9 Å². The van der Waals surface area contributed by atoms with Crippen LogP contribution in [-0.4, -0.2) is 6.54 Å². The zero-order valence-corrected chi connectivity index (χ0v) is 18.5. The first-order valence-corrected chi connectivity index (χ1v) is 8.18. The van der Waals surface area contributed by atoms with Crippen LogP contribution in [0.2, 0.25) is 0 Å². The molecule has 0 heterocycles. The van der Waals surface area contributed by atoms with Gasteiger partial charge in [-0.25, -0.2) is 0 Å². The van der Waals surface area contributed by atoms with Gasteiger partial charge in [-0.05, 0) is 49.5 Å². The quantitative estimate of drug-likeness (QED) is 0.486. The summed E-state index contributed by atoms with van der Waals surface area (Å²) in [6, 6.07) is 9.10. The van der Waals surface area contributed by atoms with E-state index in [1.807, 2.05) is 0 Å².